The minimum Gasteiger partial charge on any atom is -0.345 e. The van der Waals surface area contributed by atoms with Crippen LogP contribution in [0.15, 0.2) is 0 Å². The molecule has 26 heavy (non-hydrogen) atoms. The van der Waals surface area contributed by atoms with Crippen LogP contribution in [0.25, 0.3) is 0 Å². The molecular formula is C20H39N3O3. The fourth-order valence-corrected chi connectivity index (χ4v) is 2.83. The van der Waals surface area contributed by atoms with Crippen LogP contribution in [0.5, 0.6) is 0 Å². The highest BCUT2D eigenvalue weighted by Gasteiger charge is 2.39. The van der Waals surface area contributed by atoms with Gasteiger partial charge in [-0.1, -0.05) is 34.6 Å². The predicted octanol–water partition coefficient (Wildman–Crippen LogP) is 2.48. The number of hydrogen-bond donors (Lipinski definition) is 0. The van der Waals surface area contributed by atoms with E-state index in [1.54, 1.807) is 19.0 Å². The van der Waals surface area contributed by atoms with Gasteiger partial charge in [0.1, 0.15) is 0 Å². The molecule has 6 heteroatoms. The molecule has 0 aliphatic carbocycles. The molecule has 0 heterocycles. The van der Waals surface area contributed by atoms with Crippen LogP contribution in [-0.4, -0.2) is 72.7 Å². The Kier molecular flexibility index (Phi) is 11.2. The number of carbonyl (C=O) groups is 3. The molecule has 0 saturated carbocycles. The summed E-state index contributed by atoms with van der Waals surface area (Å²) in [4.78, 5) is 43.6. The van der Waals surface area contributed by atoms with Crippen molar-refractivity contribution in [3.05, 3.63) is 0 Å². The molecule has 0 spiro atoms. The third kappa shape index (κ3) is 7.75. The Bertz CT molecular complexity index is 463. The van der Waals surface area contributed by atoms with Gasteiger partial charge in [0.2, 0.25) is 17.7 Å². The first-order chi connectivity index (χ1) is 12.1. The minimum absolute atomic E-state index is 0.270. The average Bonchev–Trinajstić information content (AvgIpc) is 2.56. The predicted molar refractivity (Wildman–Crippen MR) is 106 cm³/mol. The Morgan fingerprint density at radius 1 is 0.769 bits per heavy atom. The van der Waals surface area contributed by atoms with Gasteiger partial charge in [0.15, 0.2) is 5.92 Å². The van der Waals surface area contributed by atoms with Gasteiger partial charge in [-0.05, 0) is 31.6 Å². The quantitative estimate of drug-likeness (QED) is 0.526. The van der Waals surface area contributed by atoms with Crippen LogP contribution in [-0.2, 0) is 14.4 Å². The second kappa shape index (κ2) is 11.9. The Balaban J connectivity index is 5.54. The van der Waals surface area contributed by atoms with Crippen LogP contribution in [0.2, 0.25) is 0 Å². The standard InChI is InChI=1S/C20H39N3O3/c1-9-12-23(10-2)20(26)17(19(25)22(8)14-16(5)6)18(24)21(7)13-11-15(3)4/h15-17H,9-14H2,1-8H3. The molecular weight excluding hydrogens is 330 g/mol. The van der Waals surface area contributed by atoms with Gasteiger partial charge in [-0.3, -0.25) is 14.4 Å². The molecule has 0 radical (unpaired) electrons. The Morgan fingerprint density at radius 3 is 1.73 bits per heavy atom. The van der Waals surface area contributed by atoms with Crippen molar-refractivity contribution in [1.82, 2.24) is 14.7 Å². The lowest BCUT2D eigenvalue weighted by Gasteiger charge is -2.31. The molecule has 1 atom stereocenters. The summed E-state index contributed by atoms with van der Waals surface area (Å²) in [6, 6.07) is 0. The van der Waals surface area contributed by atoms with Crippen molar-refractivity contribution in [2.75, 3.05) is 40.3 Å². The number of nitrogens with zero attached hydrogens (tertiary/aromatic N) is 3. The average molecular weight is 370 g/mol. The molecule has 6 nitrogen and oxygen atoms in total. The zero-order valence-corrected chi connectivity index (χ0v) is 18.0. The van der Waals surface area contributed by atoms with Crippen LogP contribution in [0.3, 0.4) is 0 Å². The maximum absolute atomic E-state index is 13.0. The summed E-state index contributed by atoms with van der Waals surface area (Å²) in [6.07, 6.45) is 1.63. The van der Waals surface area contributed by atoms with Crippen LogP contribution in [0, 0.1) is 17.8 Å². The Labute approximate surface area is 159 Å². The van der Waals surface area contributed by atoms with E-state index in [4.69, 9.17) is 0 Å². The number of carbonyl (C=O) groups excluding carboxylic acids is 3. The highest BCUT2D eigenvalue weighted by atomic mass is 16.2. The summed E-state index contributed by atoms with van der Waals surface area (Å²) in [5.74, 6) is -1.73. The van der Waals surface area contributed by atoms with Crippen molar-refractivity contribution >= 4 is 17.7 Å². The molecule has 0 aromatic heterocycles. The van der Waals surface area contributed by atoms with Gasteiger partial charge in [0, 0.05) is 40.3 Å². The maximum Gasteiger partial charge on any atom is 0.244 e. The zero-order chi connectivity index (χ0) is 20.4. The van der Waals surface area contributed by atoms with E-state index in [9.17, 15) is 14.4 Å². The van der Waals surface area contributed by atoms with E-state index in [-0.39, 0.29) is 11.8 Å². The highest BCUT2D eigenvalue weighted by Crippen LogP contribution is 2.14. The van der Waals surface area contributed by atoms with E-state index in [0.29, 0.717) is 32.1 Å². The molecule has 1 unspecified atom stereocenters. The molecule has 0 saturated heterocycles. The van der Waals surface area contributed by atoms with Gasteiger partial charge in [-0.2, -0.15) is 0 Å². The van der Waals surface area contributed by atoms with Gasteiger partial charge in [-0.25, -0.2) is 0 Å². The smallest absolute Gasteiger partial charge is 0.244 e. The van der Waals surface area contributed by atoms with E-state index >= 15 is 0 Å². The van der Waals surface area contributed by atoms with E-state index < -0.39 is 17.7 Å². The minimum atomic E-state index is -1.28. The summed E-state index contributed by atoms with van der Waals surface area (Å²) >= 11 is 0. The van der Waals surface area contributed by atoms with Crippen LogP contribution in [0.4, 0.5) is 0 Å². The fraction of sp³-hybridized carbons (Fsp3) is 0.850. The second-order valence-corrected chi connectivity index (χ2v) is 7.91. The summed E-state index contributed by atoms with van der Waals surface area (Å²) in [5.41, 5.74) is 0. The van der Waals surface area contributed by atoms with Gasteiger partial charge in [-0.15, -0.1) is 0 Å². The molecule has 152 valence electrons. The Hall–Kier alpha value is -1.59. The number of hydrogen-bond acceptors (Lipinski definition) is 3. The van der Waals surface area contributed by atoms with Crippen molar-refractivity contribution < 1.29 is 14.4 Å². The van der Waals surface area contributed by atoms with Gasteiger partial charge in [0.25, 0.3) is 0 Å². The number of amides is 3. The van der Waals surface area contributed by atoms with E-state index in [1.807, 2.05) is 27.7 Å². The SMILES string of the molecule is CCCN(CC)C(=O)C(C(=O)N(C)CCC(C)C)C(=O)N(C)CC(C)C. The molecule has 0 N–H and O–H groups in total. The highest BCUT2D eigenvalue weighted by molar-refractivity contribution is 6.17. The molecule has 0 bridgehead atoms. The Morgan fingerprint density at radius 2 is 1.31 bits per heavy atom. The summed E-state index contributed by atoms with van der Waals surface area (Å²) < 4.78 is 0. The first-order valence-corrected chi connectivity index (χ1v) is 9.85. The molecule has 0 fully saturated rings. The molecule has 3 amide bonds. The van der Waals surface area contributed by atoms with E-state index in [2.05, 4.69) is 13.8 Å². The summed E-state index contributed by atoms with van der Waals surface area (Å²) in [6.45, 7) is 14.1. The van der Waals surface area contributed by atoms with Crippen molar-refractivity contribution in [2.24, 2.45) is 17.8 Å². The third-order valence-electron chi connectivity index (χ3n) is 4.36. The van der Waals surface area contributed by atoms with Crippen molar-refractivity contribution in [2.45, 2.75) is 54.4 Å². The maximum atomic E-state index is 13.0. The van der Waals surface area contributed by atoms with Crippen molar-refractivity contribution in [1.29, 1.82) is 0 Å². The van der Waals surface area contributed by atoms with Crippen LogP contribution >= 0.6 is 0 Å². The zero-order valence-electron chi connectivity index (χ0n) is 18.0. The van der Waals surface area contributed by atoms with E-state index in [0.717, 1.165) is 12.8 Å². The first-order valence-electron chi connectivity index (χ1n) is 9.85. The normalized spacial score (nSPS) is 12.2. The molecule has 0 aromatic carbocycles. The monoisotopic (exact) mass is 369 g/mol. The summed E-state index contributed by atoms with van der Waals surface area (Å²) in [7, 11) is 3.34. The van der Waals surface area contributed by atoms with Gasteiger partial charge in [0.05, 0.1) is 0 Å². The molecule has 0 aromatic rings. The van der Waals surface area contributed by atoms with E-state index in [1.165, 1.54) is 9.80 Å². The lowest BCUT2D eigenvalue weighted by molar-refractivity contribution is -0.155. The largest absolute Gasteiger partial charge is 0.345 e. The molecule has 0 aliphatic heterocycles. The van der Waals surface area contributed by atoms with Crippen molar-refractivity contribution in [3.8, 4) is 0 Å². The molecule has 0 aliphatic rings. The fourth-order valence-electron chi connectivity index (χ4n) is 2.83. The third-order valence-corrected chi connectivity index (χ3v) is 4.36. The van der Waals surface area contributed by atoms with Gasteiger partial charge >= 0.3 is 0 Å². The second-order valence-electron chi connectivity index (χ2n) is 7.91. The van der Waals surface area contributed by atoms with Crippen LogP contribution < -0.4 is 0 Å². The van der Waals surface area contributed by atoms with Crippen LogP contribution in [0.1, 0.15) is 54.4 Å². The first kappa shape index (κ1) is 24.4. The number of rotatable bonds is 11. The van der Waals surface area contributed by atoms with Gasteiger partial charge < -0.3 is 14.7 Å². The van der Waals surface area contributed by atoms with Crippen molar-refractivity contribution in [3.63, 3.8) is 0 Å². The topological polar surface area (TPSA) is 60.9 Å². The summed E-state index contributed by atoms with van der Waals surface area (Å²) in [5, 5.41) is 0. The molecule has 0 rings (SSSR count). The lowest BCUT2D eigenvalue weighted by atomic mass is 10.0. The lowest BCUT2D eigenvalue weighted by Crippen LogP contribution is -2.52.